The van der Waals surface area contributed by atoms with Gasteiger partial charge in [0.2, 0.25) is 5.91 Å². The van der Waals surface area contributed by atoms with E-state index in [9.17, 15) is 14.0 Å². The lowest BCUT2D eigenvalue weighted by atomic mass is 9.93. The zero-order chi connectivity index (χ0) is 20.4. The van der Waals surface area contributed by atoms with Crippen LogP contribution in [-0.4, -0.2) is 25.5 Å². The van der Waals surface area contributed by atoms with E-state index in [4.69, 9.17) is 9.15 Å². The van der Waals surface area contributed by atoms with Crippen molar-refractivity contribution in [2.75, 3.05) is 23.9 Å². The second-order valence-corrected chi connectivity index (χ2v) is 6.77. The summed E-state index contributed by atoms with van der Waals surface area (Å²) in [7, 11) is 1.66. The van der Waals surface area contributed by atoms with Crippen molar-refractivity contribution in [3.05, 3.63) is 78.0 Å². The van der Waals surface area contributed by atoms with E-state index in [1.165, 1.54) is 17.0 Å². The van der Waals surface area contributed by atoms with Crippen LogP contribution in [0.3, 0.4) is 0 Å². The molecule has 2 amide bonds. The highest BCUT2D eigenvalue weighted by atomic mass is 19.1. The smallest absolute Gasteiger partial charge is 0.264 e. The van der Waals surface area contributed by atoms with E-state index in [1.807, 2.05) is 0 Å². The highest BCUT2D eigenvalue weighted by Crippen LogP contribution is 2.38. The number of ether oxygens (including phenoxy) is 1. The van der Waals surface area contributed by atoms with Gasteiger partial charge in [0.1, 0.15) is 11.6 Å². The van der Waals surface area contributed by atoms with E-state index in [1.54, 1.807) is 55.8 Å². The molecule has 0 radical (unpaired) electrons. The van der Waals surface area contributed by atoms with Crippen molar-refractivity contribution in [2.45, 2.75) is 12.3 Å². The zero-order valence-electron chi connectivity index (χ0n) is 15.7. The zero-order valence-corrected chi connectivity index (χ0v) is 15.7. The first-order valence-corrected chi connectivity index (χ1v) is 9.14. The number of nitrogens with zero attached hydrogens (tertiary/aromatic N) is 1. The minimum Gasteiger partial charge on any atom is -0.479 e. The van der Waals surface area contributed by atoms with Gasteiger partial charge in [0, 0.05) is 13.5 Å². The van der Waals surface area contributed by atoms with Gasteiger partial charge in [0.05, 0.1) is 23.6 Å². The molecule has 1 atom stereocenters. The van der Waals surface area contributed by atoms with Gasteiger partial charge in [-0.05, 0) is 42.0 Å². The summed E-state index contributed by atoms with van der Waals surface area (Å²) in [6.45, 7) is -0.0931. The van der Waals surface area contributed by atoms with Gasteiger partial charge in [0.15, 0.2) is 12.4 Å². The average molecular weight is 394 g/mol. The summed E-state index contributed by atoms with van der Waals surface area (Å²) in [5.41, 5.74) is 1.72. The molecule has 1 N–H and O–H groups in total. The van der Waals surface area contributed by atoms with Crippen molar-refractivity contribution >= 4 is 23.2 Å². The Balaban J connectivity index is 1.63. The molecule has 3 aromatic rings. The van der Waals surface area contributed by atoms with Gasteiger partial charge < -0.3 is 19.4 Å². The van der Waals surface area contributed by atoms with Crippen LogP contribution in [0.1, 0.15) is 17.2 Å². The second kappa shape index (κ2) is 7.79. The number of hydrogen-bond acceptors (Lipinski definition) is 4. The summed E-state index contributed by atoms with van der Waals surface area (Å²) in [6, 6.07) is 14.6. The Labute approximate surface area is 166 Å². The van der Waals surface area contributed by atoms with Gasteiger partial charge >= 0.3 is 0 Å². The molecule has 1 aromatic heterocycles. The van der Waals surface area contributed by atoms with Crippen molar-refractivity contribution < 1.29 is 23.1 Å². The Bertz CT molecular complexity index is 1030. The molecule has 29 heavy (non-hydrogen) atoms. The second-order valence-electron chi connectivity index (χ2n) is 6.77. The van der Waals surface area contributed by atoms with Crippen LogP contribution in [0.15, 0.2) is 65.3 Å². The Morgan fingerprint density at radius 2 is 1.97 bits per heavy atom. The monoisotopic (exact) mass is 394 g/mol. The van der Waals surface area contributed by atoms with Crippen LogP contribution >= 0.6 is 0 Å². The molecule has 7 heteroatoms. The highest BCUT2D eigenvalue weighted by molar-refractivity contribution is 6.02. The molecule has 0 saturated heterocycles. The minimum atomic E-state index is -0.597. The Kier molecular flexibility index (Phi) is 5.03. The number of carbonyl (C=O) groups is 2. The van der Waals surface area contributed by atoms with E-state index in [0.717, 1.165) is 0 Å². The summed E-state index contributed by atoms with van der Waals surface area (Å²) in [5, 5.41) is 2.89. The molecule has 6 nitrogen and oxygen atoms in total. The summed E-state index contributed by atoms with van der Waals surface area (Å²) in [5.74, 6) is -0.331. The fraction of sp³-hybridized carbons (Fsp3) is 0.182. The molecule has 1 aliphatic heterocycles. The third kappa shape index (κ3) is 3.85. The molecule has 1 aliphatic rings. The first kappa shape index (κ1) is 18.7. The van der Waals surface area contributed by atoms with Crippen molar-refractivity contribution in [3.8, 4) is 5.75 Å². The Morgan fingerprint density at radius 1 is 1.17 bits per heavy atom. The molecule has 148 valence electrons. The predicted octanol–water partition coefficient (Wildman–Crippen LogP) is 3.74. The molecular weight excluding hydrogens is 375 g/mol. The SMILES string of the molecule is CN1C(=O)COc2c(NC(=O)C(Cc3ccco3)c3ccc(F)cc3)cccc21. The topological polar surface area (TPSA) is 71.8 Å². The first-order valence-electron chi connectivity index (χ1n) is 9.14. The normalized spacial score (nSPS) is 14.1. The van der Waals surface area contributed by atoms with Crippen LogP contribution in [0.2, 0.25) is 0 Å². The van der Waals surface area contributed by atoms with Gasteiger partial charge in [-0.15, -0.1) is 0 Å². The van der Waals surface area contributed by atoms with Crippen LogP contribution in [0.25, 0.3) is 0 Å². The predicted molar refractivity (Wildman–Crippen MR) is 106 cm³/mol. The summed E-state index contributed by atoms with van der Waals surface area (Å²) in [6.07, 6.45) is 1.86. The molecule has 0 spiro atoms. The molecule has 2 aromatic carbocycles. The van der Waals surface area contributed by atoms with E-state index < -0.39 is 5.92 Å². The number of anilines is 2. The molecule has 2 heterocycles. The van der Waals surface area contributed by atoms with E-state index in [-0.39, 0.29) is 24.2 Å². The number of nitrogens with one attached hydrogen (secondary N) is 1. The van der Waals surface area contributed by atoms with Crippen LogP contribution in [0, 0.1) is 5.82 Å². The molecular formula is C22H19FN2O4. The molecule has 0 saturated carbocycles. The maximum absolute atomic E-state index is 13.4. The highest BCUT2D eigenvalue weighted by Gasteiger charge is 2.27. The Morgan fingerprint density at radius 3 is 2.69 bits per heavy atom. The van der Waals surface area contributed by atoms with Gasteiger partial charge in [-0.25, -0.2) is 4.39 Å². The number of benzene rings is 2. The first-order chi connectivity index (χ1) is 14.0. The van der Waals surface area contributed by atoms with Gasteiger partial charge in [-0.2, -0.15) is 0 Å². The number of furan rings is 1. The lowest BCUT2D eigenvalue weighted by Crippen LogP contribution is -2.36. The van der Waals surface area contributed by atoms with Gasteiger partial charge in [-0.3, -0.25) is 9.59 Å². The third-order valence-corrected chi connectivity index (χ3v) is 4.90. The molecule has 1 unspecified atom stereocenters. The summed E-state index contributed by atoms with van der Waals surface area (Å²) >= 11 is 0. The van der Waals surface area contributed by atoms with E-state index in [0.29, 0.717) is 34.9 Å². The molecule has 4 rings (SSSR count). The number of para-hydroxylation sites is 1. The fourth-order valence-corrected chi connectivity index (χ4v) is 3.31. The van der Waals surface area contributed by atoms with Gasteiger partial charge in [-0.1, -0.05) is 18.2 Å². The number of amides is 2. The van der Waals surface area contributed by atoms with Crippen molar-refractivity contribution in [1.82, 2.24) is 0 Å². The van der Waals surface area contributed by atoms with Crippen molar-refractivity contribution in [2.24, 2.45) is 0 Å². The summed E-state index contributed by atoms with van der Waals surface area (Å²) < 4.78 is 24.3. The largest absolute Gasteiger partial charge is 0.479 e. The average Bonchev–Trinajstić information content (AvgIpc) is 3.23. The number of carbonyl (C=O) groups excluding carboxylic acids is 2. The maximum atomic E-state index is 13.4. The fourth-order valence-electron chi connectivity index (χ4n) is 3.31. The number of rotatable bonds is 5. The van der Waals surface area contributed by atoms with Crippen LogP contribution in [-0.2, 0) is 16.0 Å². The third-order valence-electron chi connectivity index (χ3n) is 4.90. The number of halogens is 1. The molecule has 0 bridgehead atoms. The number of hydrogen-bond donors (Lipinski definition) is 1. The minimum absolute atomic E-state index is 0.0931. The van der Waals surface area contributed by atoms with Crippen LogP contribution in [0.4, 0.5) is 15.8 Å². The standard InChI is InChI=1S/C22H19FN2O4/c1-25-19-6-2-5-18(21(19)29-13-20(25)26)24-22(27)17(12-16-4-3-11-28-16)14-7-9-15(23)10-8-14/h2-11,17H,12-13H2,1H3,(H,24,27). The summed E-state index contributed by atoms with van der Waals surface area (Å²) in [4.78, 5) is 26.5. The van der Waals surface area contributed by atoms with Crippen LogP contribution in [0.5, 0.6) is 5.75 Å². The lowest BCUT2D eigenvalue weighted by molar-refractivity contribution is -0.121. The quantitative estimate of drug-likeness (QED) is 0.716. The number of fused-ring (bicyclic) bond motifs is 1. The van der Waals surface area contributed by atoms with E-state index >= 15 is 0 Å². The van der Waals surface area contributed by atoms with Crippen molar-refractivity contribution in [1.29, 1.82) is 0 Å². The molecule has 0 aliphatic carbocycles. The van der Waals surface area contributed by atoms with Gasteiger partial charge in [0.25, 0.3) is 5.91 Å². The van der Waals surface area contributed by atoms with E-state index in [2.05, 4.69) is 5.32 Å². The number of likely N-dealkylation sites (N-methyl/N-ethyl adjacent to an activating group) is 1. The Hall–Kier alpha value is -3.61. The van der Waals surface area contributed by atoms with Crippen molar-refractivity contribution in [3.63, 3.8) is 0 Å². The van der Waals surface area contributed by atoms with Crippen LogP contribution < -0.4 is 15.0 Å². The molecule has 0 fully saturated rings. The lowest BCUT2D eigenvalue weighted by Gasteiger charge is -2.28. The maximum Gasteiger partial charge on any atom is 0.264 e.